The molecule has 2 N–H and O–H groups in total. The number of aromatic hydroxyl groups is 1. The number of carbonyl (C=O) groups is 1. The SMILES string of the molecule is O=C(Nc1cccc(F)c1F)c1ccc([N+](=O)[O-])c(O)c1. The van der Waals surface area contributed by atoms with E-state index in [1.54, 1.807) is 0 Å². The van der Waals surface area contributed by atoms with E-state index in [4.69, 9.17) is 0 Å². The number of hydrogen-bond donors (Lipinski definition) is 2. The summed E-state index contributed by atoms with van der Waals surface area (Å²) in [5.41, 5.74) is -1.08. The summed E-state index contributed by atoms with van der Waals surface area (Å²) in [6.45, 7) is 0. The van der Waals surface area contributed by atoms with E-state index < -0.39 is 33.9 Å². The average molecular weight is 294 g/mol. The number of carbonyl (C=O) groups excluding carboxylic acids is 1. The average Bonchev–Trinajstić information content (AvgIpc) is 2.43. The van der Waals surface area contributed by atoms with E-state index >= 15 is 0 Å². The van der Waals surface area contributed by atoms with E-state index in [2.05, 4.69) is 5.32 Å². The van der Waals surface area contributed by atoms with Gasteiger partial charge in [-0.2, -0.15) is 0 Å². The minimum absolute atomic E-state index is 0.137. The lowest BCUT2D eigenvalue weighted by Gasteiger charge is -2.07. The minimum Gasteiger partial charge on any atom is -0.502 e. The Labute approximate surface area is 116 Å². The van der Waals surface area contributed by atoms with Crippen molar-refractivity contribution in [3.63, 3.8) is 0 Å². The number of halogens is 2. The molecule has 2 aromatic carbocycles. The summed E-state index contributed by atoms with van der Waals surface area (Å²) in [4.78, 5) is 21.5. The van der Waals surface area contributed by atoms with Crippen LogP contribution in [0.2, 0.25) is 0 Å². The number of nitro benzene ring substituents is 1. The lowest BCUT2D eigenvalue weighted by Crippen LogP contribution is -2.13. The fourth-order valence-electron chi connectivity index (χ4n) is 1.61. The van der Waals surface area contributed by atoms with Gasteiger partial charge < -0.3 is 10.4 Å². The third kappa shape index (κ3) is 2.94. The van der Waals surface area contributed by atoms with Crippen molar-refractivity contribution in [1.29, 1.82) is 0 Å². The van der Waals surface area contributed by atoms with Gasteiger partial charge in [-0.3, -0.25) is 14.9 Å². The number of nitrogens with zero attached hydrogens (tertiary/aromatic N) is 1. The number of nitrogens with one attached hydrogen (secondary N) is 1. The molecule has 8 heteroatoms. The van der Waals surface area contributed by atoms with Crippen LogP contribution in [0.15, 0.2) is 36.4 Å². The molecule has 0 aliphatic carbocycles. The molecule has 0 aromatic heterocycles. The molecule has 1 amide bonds. The molecular weight excluding hydrogens is 286 g/mol. The van der Waals surface area contributed by atoms with Crippen molar-refractivity contribution >= 4 is 17.3 Å². The first-order chi connectivity index (χ1) is 9.90. The Morgan fingerprint density at radius 1 is 1.24 bits per heavy atom. The summed E-state index contributed by atoms with van der Waals surface area (Å²) in [6, 6.07) is 6.15. The van der Waals surface area contributed by atoms with Gasteiger partial charge in [0.05, 0.1) is 10.6 Å². The van der Waals surface area contributed by atoms with Crippen LogP contribution in [0.25, 0.3) is 0 Å². The predicted octanol–water partition coefficient (Wildman–Crippen LogP) is 2.83. The van der Waals surface area contributed by atoms with Gasteiger partial charge in [-0.15, -0.1) is 0 Å². The second-order valence-electron chi connectivity index (χ2n) is 4.02. The number of phenols is 1. The number of nitro groups is 1. The molecule has 0 unspecified atom stereocenters. The molecule has 2 rings (SSSR count). The second kappa shape index (κ2) is 5.53. The van der Waals surface area contributed by atoms with E-state index in [-0.39, 0.29) is 11.3 Å². The third-order valence-electron chi connectivity index (χ3n) is 2.63. The van der Waals surface area contributed by atoms with E-state index in [0.717, 1.165) is 30.3 Å². The van der Waals surface area contributed by atoms with Crippen molar-refractivity contribution in [2.75, 3.05) is 5.32 Å². The Bertz CT molecular complexity index is 734. The molecule has 108 valence electrons. The van der Waals surface area contributed by atoms with Crippen LogP contribution in [0.4, 0.5) is 20.2 Å². The van der Waals surface area contributed by atoms with Crippen LogP contribution < -0.4 is 5.32 Å². The Kier molecular flexibility index (Phi) is 3.79. The minimum atomic E-state index is -1.23. The van der Waals surface area contributed by atoms with Crippen molar-refractivity contribution in [1.82, 2.24) is 0 Å². The Morgan fingerprint density at radius 2 is 1.95 bits per heavy atom. The van der Waals surface area contributed by atoms with Gasteiger partial charge in [-0.05, 0) is 24.3 Å². The van der Waals surface area contributed by atoms with Gasteiger partial charge in [0.1, 0.15) is 0 Å². The molecule has 0 heterocycles. The van der Waals surface area contributed by atoms with Gasteiger partial charge in [-0.25, -0.2) is 8.78 Å². The molecule has 0 bridgehead atoms. The molecular formula is C13H8F2N2O4. The highest BCUT2D eigenvalue weighted by Gasteiger charge is 2.17. The first kappa shape index (κ1) is 14.4. The van der Waals surface area contributed by atoms with Gasteiger partial charge in [0.2, 0.25) is 0 Å². The van der Waals surface area contributed by atoms with Crippen molar-refractivity contribution in [3.05, 3.63) is 63.7 Å². The molecule has 21 heavy (non-hydrogen) atoms. The number of benzene rings is 2. The third-order valence-corrected chi connectivity index (χ3v) is 2.63. The second-order valence-corrected chi connectivity index (χ2v) is 4.02. The number of phenolic OH excluding ortho intramolecular Hbond substituents is 1. The van der Waals surface area contributed by atoms with Gasteiger partial charge in [0, 0.05) is 11.6 Å². The molecule has 0 aliphatic rings. The highest BCUT2D eigenvalue weighted by Crippen LogP contribution is 2.27. The number of anilines is 1. The lowest BCUT2D eigenvalue weighted by atomic mass is 10.1. The molecule has 0 fully saturated rings. The monoisotopic (exact) mass is 294 g/mol. The van der Waals surface area contributed by atoms with Crippen molar-refractivity contribution < 1.29 is 23.6 Å². The zero-order chi connectivity index (χ0) is 15.6. The predicted molar refractivity (Wildman–Crippen MR) is 69.1 cm³/mol. The summed E-state index contributed by atoms with van der Waals surface area (Å²) in [5.74, 6) is -3.90. The fourth-order valence-corrected chi connectivity index (χ4v) is 1.61. The van der Waals surface area contributed by atoms with Gasteiger partial charge in [0.25, 0.3) is 5.91 Å². The number of rotatable bonds is 3. The van der Waals surface area contributed by atoms with Crippen LogP contribution in [0.3, 0.4) is 0 Å². The van der Waals surface area contributed by atoms with Gasteiger partial charge in [0.15, 0.2) is 17.4 Å². The standard InChI is InChI=1S/C13H8F2N2O4/c14-8-2-1-3-9(12(8)15)16-13(19)7-4-5-10(17(20)21)11(18)6-7/h1-6,18H,(H,16,19). The van der Waals surface area contributed by atoms with Crippen molar-refractivity contribution in [2.24, 2.45) is 0 Å². The highest BCUT2D eigenvalue weighted by atomic mass is 19.2. The quantitative estimate of drug-likeness (QED) is 0.672. The summed E-state index contributed by atoms with van der Waals surface area (Å²) in [7, 11) is 0. The maximum absolute atomic E-state index is 13.4. The van der Waals surface area contributed by atoms with Crippen LogP contribution in [0.5, 0.6) is 5.75 Å². The Hall–Kier alpha value is -3.03. The molecule has 0 saturated carbocycles. The zero-order valence-electron chi connectivity index (χ0n) is 10.3. The maximum Gasteiger partial charge on any atom is 0.310 e. The van der Waals surface area contributed by atoms with Crippen LogP contribution >= 0.6 is 0 Å². The molecule has 6 nitrogen and oxygen atoms in total. The van der Waals surface area contributed by atoms with Gasteiger partial charge in [-0.1, -0.05) is 6.07 Å². The number of hydrogen-bond acceptors (Lipinski definition) is 4. The largest absolute Gasteiger partial charge is 0.502 e. The highest BCUT2D eigenvalue weighted by molar-refractivity contribution is 6.04. The molecule has 0 saturated heterocycles. The van der Waals surface area contributed by atoms with Crippen LogP contribution in [0, 0.1) is 21.7 Å². The van der Waals surface area contributed by atoms with Gasteiger partial charge >= 0.3 is 5.69 Å². The van der Waals surface area contributed by atoms with E-state index in [1.165, 1.54) is 6.07 Å². The molecule has 0 aliphatic heterocycles. The topological polar surface area (TPSA) is 92.5 Å². The summed E-state index contributed by atoms with van der Waals surface area (Å²) < 4.78 is 26.4. The Morgan fingerprint density at radius 3 is 2.57 bits per heavy atom. The number of amides is 1. The maximum atomic E-state index is 13.4. The van der Waals surface area contributed by atoms with Crippen molar-refractivity contribution in [3.8, 4) is 5.75 Å². The fraction of sp³-hybridized carbons (Fsp3) is 0. The van der Waals surface area contributed by atoms with Crippen LogP contribution in [-0.2, 0) is 0 Å². The van der Waals surface area contributed by atoms with E-state index in [0.29, 0.717) is 0 Å². The normalized spacial score (nSPS) is 10.2. The first-order valence-corrected chi connectivity index (χ1v) is 5.63. The Balaban J connectivity index is 2.27. The van der Waals surface area contributed by atoms with E-state index in [1.807, 2.05) is 0 Å². The van der Waals surface area contributed by atoms with E-state index in [9.17, 15) is 28.8 Å². The zero-order valence-corrected chi connectivity index (χ0v) is 10.3. The first-order valence-electron chi connectivity index (χ1n) is 5.63. The summed E-state index contributed by atoms with van der Waals surface area (Å²) in [6.07, 6.45) is 0. The van der Waals surface area contributed by atoms with Crippen LogP contribution in [0.1, 0.15) is 10.4 Å². The molecule has 0 radical (unpaired) electrons. The molecule has 0 spiro atoms. The lowest BCUT2D eigenvalue weighted by molar-refractivity contribution is -0.385. The smallest absolute Gasteiger partial charge is 0.310 e. The summed E-state index contributed by atoms with van der Waals surface area (Å²) in [5, 5.41) is 22.1. The van der Waals surface area contributed by atoms with Crippen molar-refractivity contribution in [2.45, 2.75) is 0 Å². The molecule has 2 aromatic rings. The van der Waals surface area contributed by atoms with Crippen LogP contribution in [-0.4, -0.2) is 15.9 Å². The summed E-state index contributed by atoms with van der Waals surface area (Å²) >= 11 is 0. The molecule has 0 atom stereocenters.